The first-order chi connectivity index (χ1) is 11.9. The van der Waals surface area contributed by atoms with Crippen LogP contribution in [0.3, 0.4) is 0 Å². The summed E-state index contributed by atoms with van der Waals surface area (Å²) >= 11 is 0. The topological polar surface area (TPSA) is 50.4 Å². The van der Waals surface area contributed by atoms with Crippen LogP contribution < -0.4 is 10.6 Å². The lowest BCUT2D eigenvalue weighted by Crippen LogP contribution is -2.47. The standard InChI is InChI=1S/C18H25F3N2O2.ClH/c1-25-13-17(7-9-22-10-8-17)12-23-16(24)11-15(18(19,20)21)14-5-3-2-4-6-14;/h2-6,15,22H,7-13H2,1H3,(H,23,24);1H. The van der Waals surface area contributed by atoms with Gasteiger partial charge in [0.2, 0.25) is 5.91 Å². The molecular formula is C18H26ClF3N2O2. The van der Waals surface area contributed by atoms with Gasteiger partial charge < -0.3 is 15.4 Å². The summed E-state index contributed by atoms with van der Waals surface area (Å²) in [6, 6.07) is 7.57. The molecule has 8 heteroatoms. The van der Waals surface area contributed by atoms with Crippen LogP contribution in [0.1, 0.15) is 30.7 Å². The highest BCUT2D eigenvalue weighted by Crippen LogP contribution is 2.37. The van der Waals surface area contributed by atoms with Crippen LogP contribution in [0.5, 0.6) is 0 Å². The van der Waals surface area contributed by atoms with Crippen molar-refractivity contribution in [3.63, 3.8) is 0 Å². The predicted molar refractivity (Wildman–Crippen MR) is 96.5 cm³/mol. The molecule has 1 aromatic carbocycles. The van der Waals surface area contributed by atoms with Crippen molar-refractivity contribution in [2.75, 3.05) is 33.4 Å². The molecule has 1 aromatic rings. The third-order valence-electron chi connectivity index (χ3n) is 4.76. The van der Waals surface area contributed by atoms with Gasteiger partial charge in [0.15, 0.2) is 0 Å². The van der Waals surface area contributed by atoms with Crippen LogP contribution >= 0.6 is 12.4 Å². The van der Waals surface area contributed by atoms with Crippen molar-refractivity contribution in [3.05, 3.63) is 35.9 Å². The third kappa shape index (κ3) is 6.45. The molecule has 1 amide bonds. The molecule has 1 unspecified atom stereocenters. The number of benzene rings is 1. The van der Waals surface area contributed by atoms with E-state index in [2.05, 4.69) is 10.6 Å². The Morgan fingerprint density at radius 1 is 1.27 bits per heavy atom. The van der Waals surface area contributed by atoms with Gasteiger partial charge >= 0.3 is 6.18 Å². The van der Waals surface area contributed by atoms with Gasteiger partial charge in [-0.15, -0.1) is 12.4 Å². The molecule has 2 N–H and O–H groups in total. The number of ether oxygens (including phenoxy) is 1. The van der Waals surface area contributed by atoms with Crippen molar-refractivity contribution in [1.82, 2.24) is 10.6 Å². The maximum absolute atomic E-state index is 13.3. The van der Waals surface area contributed by atoms with E-state index >= 15 is 0 Å². The smallest absolute Gasteiger partial charge is 0.384 e. The van der Waals surface area contributed by atoms with Crippen molar-refractivity contribution in [2.24, 2.45) is 5.41 Å². The number of methoxy groups -OCH3 is 1. The van der Waals surface area contributed by atoms with Gasteiger partial charge in [-0.3, -0.25) is 4.79 Å². The second-order valence-corrected chi connectivity index (χ2v) is 6.67. The largest absolute Gasteiger partial charge is 0.396 e. The molecular weight excluding hydrogens is 369 g/mol. The van der Waals surface area contributed by atoms with E-state index in [9.17, 15) is 18.0 Å². The quantitative estimate of drug-likeness (QED) is 0.746. The number of hydrogen-bond donors (Lipinski definition) is 2. The van der Waals surface area contributed by atoms with Crippen LogP contribution in [-0.2, 0) is 9.53 Å². The minimum absolute atomic E-state index is 0. The van der Waals surface area contributed by atoms with Crippen LogP contribution in [0.4, 0.5) is 13.2 Å². The fourth-order valence-corrected chi connectivity index (χ4v) is 3.29. The van der Waals surface area contributed by atoms with Gasteiger partial charge in [0, 0.05) is 25.5 Å². The Labute approximate surface area is 158 Å². The van der Waals surface area contributed by atoms with E-state index in [4.69, 9.17) is 4.74 Å². The molecule has 2 rings (SSSR count). The minimum atomic E-state index is -4.46. The molecule has 0 radical (unpaired) electrons. The van der Waals surface area contributed by atoms with Gasteiger partial charge in [0.25, 0.3) is 0 Å². The van der Waals surface area contributed by atoms with Crippen molar-refractivity contribution >= 4 is 18.3 Å². The number of piperidine rings is 1. The van der Waals surface area contributed by atoms with E-state index in [1.807, 2.05) is 0 Å². The molecule has 1 aliphatic heterocycles. The Kier molecular flexibility index (Phi) is 8.86. The number of carbonyl (C=O) groups is 1. The van der Waals surface area contributed by atoms with Crippen molar-refractivity contribution in [1.29, 1.82) is 0 Å². The molecule has 26 heavy (non-hydrogen) atoms. The zero-order chi connectivity index (χ0) is 18.3. The molecule has 0 saturated carbocycles. The lowest BCUT2D eigenvalue weighted by atomic mass is 9.79. The molecule has 0 aromatic heterocycles. The highest BCUT2D eigenvalue weighted by molar-refractivity contribution is 5.85. The summed E-state index contributed by atoms with van der Waals surface area (Å²) in [6.07, 6.45) is -3.42. The van der Waals surface area contributed by atoms with Gasteiger partial charge in [-0.1, -0.05) is 30.3 Å². The molecule has 0 aliphatic carbocycles. The van der Waals surface area contributed by atoms with Crippen molar-refractivity contribution in [2.45, 2.75) is 31.4 Å². The van der Waals surface area contributed by atoms with Crippen molar-refractivity contribution in [3.8, 4) is 0 Å². The predicted octanol–water partition coefficient (Wildman–Crippen LogP) is 3.28. The third-order valence-corrected chi connectivity index (χ3v) is 4.76. The van der Waals surface area contributed by atoms with Crippen LogP contribution in [-0.4, -0.2) is 45.4 Å². The summed E-state index contributed by atoms with van der Waals surface area (Å²) in [5, 5.41) is 5.95. The Hall–Kier alpha value is -1.31. The van der Waals surface area contributed by atoms with E-state index in [1.165, 1.54) is 12.1 Å². The Morgan fingerprint density at radius 2 is 1.88 bits per heavy atom. The first kappa shape index (κ1) is 22.7. The molecule has 1 atom stereocenters. The molecule has 1 aliphatic rings. The van der Waals surface area contributed by atoms with E-state index in [0.29, 0.717) is 13.2 Å². The Balaban J connectivity index is 0.00000338. The average molecular weight is 395 g/mol. The first-order valence-electron chi connectivity index (χ1n) is 8.44. The Bertz CT molecular complexity index is 544. The summed E-state index contributed by atoms with van der Waals surface area (Å²) in [5.74, 6) is -2.37. The van der Waals surface area contributed by atoms with Crippen LogP contribution in [0.15, 0.2) is 30.3 Å². The van der Waals surface area contributed by atoms with Crippen molar-refractivity contribution < 1.29 is 22.7 Å². The number of rotatable bonds is 7. The molecule has 0 bridgehead atoms. The molecule has 1 saturated heterocycles. The number of amides is 1. The van der Waals surface area contributed by atoms with E-state index in [0.717, 1.165) is 25.9 Å². The van der Waals surface area contributed by atoms with E-state index < -0.39 is 24.4 Å². The number of alkyl halides is 3. The SMILES string of the molecule is COCC1(CNC(=O)CC(c2ccccc2)C(F)(F)F)CCNCC1.Cl. The summed E-state index contributed by atoms with van der Waals surface area (Å²) in [4.78, 5) is 12.2. The molecule has 1 heterocycles. The lowest BCUT2D eigenvalue weighted by Gasteiger charge is -2.37. The number of halogens is 4. The first-order valence-corrected chi connectivity index (χ1v) is 8.44. The highest BCUT2D eigenvalue weighted by Gasteiger charge is 2.42. The summed E-state index contributed by atoms with van der Waals surface area (Å²) in [5.41, 5.74) is -0.102. The zero-order valence-electron chi connectivity index (χ0n) is 14.8. The monoisotopic (exact) mass is 394 g/mol. The summed E-state index contributed by atoms with van der Waals surface area (Å²) in [6.45, 7) is 2.44. The number of carbonyl (C=O) groups excluding carboxylic acids is 1. The molecule has 1 fully saturated rings. The fraction of sp³-hybridized carbons (Fsp3) is 0.611. The number of hydrogen-bond acceptors (Lipinski definition) is 3. The van der Waals surface area contributed by atoms with Gasteiger partial charge in [-0.25, -0.2) is 0 Å². The lowest BCUT2D eigenvalue weighted by molar-refractivity contribution is -0.157. The molecule has 4 nitrogen and oxygen atoms in total. The van der Waals surface area contributed by atoms with E-state index in [1.54, 1.807) is 25.3 Å². The maximum atomic E-state index is 13.3. The van der Waals surface area contributed by atoms with Crippen LogP contribution in [0, 0.1) is 5.41 Å². The molecule has 0 spiro atoms. The van der Waals surface area contributed by atoms with E-state index in [-0.39, 0.29) is 23.4 Å². The van der Waals surface area contributed by atoms with Crippen LogP contribution in [0.25, 0.3) is 0 Å². The van der Waals surface area contributed by atoms with Gasteiger partial charge in [-0.2, -0.15) is 13.2 Å². The average Bonchev–Trinajstić information content (AvgIpc) is 2.59. The fourth-order valence-electron chi connectivity index (χ4n) is 3.29. The number of nitrogens with one attached hydrogen (secondary N) is 2. The second-order valence-electron chi connectivity index (χ2n) is 6.67. The van der Waals surface area contributed by atoms with Gasteiger partial charge in [0.1, 0.15) is 0 Å². The summed E-state index contributed by atoms with van der Waals surface area (Å²) < 4.78 is 45.3. The molecule has 148 valence electrons. The summed E-state index contributed by atoms with van der Waals surface area (Å²) in [7, 11) is 1.60. The normalized spacial score (nSPS) is 17.8. The maximum Gasteiger partial charge on any atom is 0.396 e. The second kappa shape index (κ2) is 10.1. The van der Waals surface area contributed by atoms with Crippen LogP contribution in [0.2, 0.25) is 0 Å². The minimum Gasteiger partial charge on any atom is -0.384 e. The Morgan fingerprint density at radius 3 is 2.42 bits per heavy atom. The highest BCUT2D eigenvalue weighted by atomic mass is 35.5. The van der Waals surface area contributed by atoms with Gasteiger partial charge in [0.05, 0.1) is 12.5 Å². The van der Waals surface area contributed by atoms with Gasteiger partial charge in [-0.05, 0) is 31.5 Å². The zero-order valence-corrected chi connectivity index (χ0v) is 15.6.